The van der Waals surface area contributed by atoms with Gasteiger partial charge in [0.1, 0.15) is 18.2 Å². The minimum atomic E-state index is -0.408. The van der Waals surface area contributed by atoms with Crippen LogP contribution in [0.25, 0.3) is 0 Å². The SMILES string of the molecule is CCn1c(COc2ccc(F)cc2)nnc1SCC(N)=O. The Labute approximate surface area is 125 Å². The number of amides is 1. The van der Waals surface area contributed by atoms with E-state index in [1.807, 2.05) is 11.5 Å². The quantitative estimate of drug-likeness (QED) is 0.785. The number of nitrogens with two attached hydrogens (primary N) is 1. The molecule has 0 fully saturated rings. The molecule has 2 aromatic rings. The van der Waals surface area contributed by atoms with Crippen LogP contribution in [0.15, 0.2) is 29.4 Å². The summed E-state index contributed by atoms with van der Waals surface area (Å²) in [6.07, 6.45) is 0. The molecular formula is C13H15FN4O2S. The molecule has 1 heterocycles. The number of thioether (sulfide) groups is 1. The Bertz CT molecular complexity index is 615. The van der Waals surface area contributed by atoms with E-state index in [0.717, 1.165) is 0 Å². The Morgan fingerprint density at radius 2 is 2.10 bits per heavy atom. The zero-order valence-corrected chi connectivity index (χ0v) is 12.3. The highest BCUT2D eigenvalue weighted by molar-refractivity contribution is 7.99. The maximum atomic E-state index is 12.8. The Morgan fingerprint density at radius 3 is 2.71 bits per heavy atom. The van der Waals surface area contributed by atoms with E-state index in [4.69, 9.17) is 10.5 Å². The van der Waals surface area contributed by atoms with Crippen molar-refractivity contribution in [3.63, 3.8) is 0 Å². The molecule has 0 spiro atoms. The summed E-state index contributed by atoms with van der Waals surface area (Å²) >= 11 is 1.23. The second-order valence-corrected chi connectivity index (χ2v) is 5.08. The average molecular weight is 310 g/mol. The zero-order valence-electron chi connectivity index (χ0n) is 11.5. The molecule has 1 aromatic heterocycles. The molecule has 0 saturated heterocycles. The summed E-state index contributed by atoms with van der Waals surface area (Å²) in [5, 5.41) is 8.67. The molecule has 1 amide bonds. The number of carbonyl (C=O) groups is 1. The average Bonchev–Trinajstić information content (AvgIpc) is 2.86. The second kappa shape index (κ2) is 7.07. The highest BCUT2D eigenvalue weighted by Crippen LogP contribution is 2.18. The summed E-state index contributed by atoms with van der Waals surface area (Å²) in [4.78, 5) is 10.8. The monoisotopic (exact) mass is 310 g/mol. The first kappa shape index (κ1) is 15.3. The summed E-state index contributed by atoms with van der Waals surface area (Å²) in [5.41, 5.74) is 5.11. The lowest BCUT2D eigenvalue weighted by Crippen LogP contribution is -2.14. The summed E-state index contributed by atoms with van der Waals surface area (Å²) in [5.74, 6) is 0.609. The zero-order chi connectivity index (χ0) is 15.2. The van der Waals surface area contributed by atoms with E-state index < -0.39 is 5.91 Å². The van der Waals surface area contributed by atoms with E-state index in [-0.39, 0.29) is 18.2 Å². The lowest BCUT2D eigenvalue weighted by molar-refractivity contribution is -0.115. The number of halogens is 1. The fourth-order valence-electron chi connectivity index (χ4n) is 1.66. The summed E-state index contributed by atoms with van der Waals surface area (Å²) in [6, 6.07) is 5.75. The van der Waals surface area contributed by atoms with Crippen LogP contribution in [0.3, 0.4) is 0 Å². The van der Waals surface area contributed by atoms with Crippen LogP contribution in [0.2, 0.25) is 0 Å². The molecule has 2 rings (SSSR count). The number of hydrogen-bond donors (Lipinski definition) is 1. The summed E-state index contributed by atoms with van der Waals surface area (Å²) < 4.78 is 20.2. The standard InChI is InChI=1S/C13H15FN4O2S/c1-2-18-12(16-17-13(18)21-8-11(15)19)7-20-10-5-3-9(14)4-6-10/h3-6H,2,7-8H2,1H3,(H2,15,19). The fraction of sp³-hybridized carbons (Fsp3) is 0.308. The maximum absolute atomic E-state index is 12.8. The number of benzene rings is 1. The molecule has 112 valence electrons. The highest BCUT2D eigenvalue weighted by atomic mass is 32.2. The van der Waals surface area contributed by atoms with Gasteiger partial charge in [-0.1, -0.05) is 11.8 Å². The van der Waals surface area contributed by atoms with Crippen molar-refractivity contribution in [1.82, 2.24) is 14.8 Å². The maximum Gasteiger partial charge on any atom is 0.227 e. The lowest BCUT2D eigenvalue weighted by Gasteiger charge is -2.08. The van der Waals surface area contributed by atoms with E-state index in [0.29, 0.717) is 23.3 Å². The predicted octanol–water partition coefficient (Wildman–Crippen LogP) is 1.59. The lowest BCUT2D eigenvalue weighted by atomic mass is 10.3. The number of nitrogens with zero attached hydrogens (tertiary/aromatic N) is 3. The number of primary amides is 1. The third-order valence-electron chi connectivity index (χ3n) is 2.63. The van der Waals surface area contributed by atoms with Gasteiger partial charge in [0.25, 0.3) is 0 Å². The Hall–Kier alpha value is -2.09. The molecule has 0 bridgehead atoms. The molecule has 21 heavy (non-hydrogen) atoms. The number of aromatic nitrogens is 3. The molecule has 2 N–H and O–H groups in total. The molecule has 0 radical (unpaired) electrons. The van der Waals surface area contributed by atoms with E-state index in [1.165, 1.54) is 23.9 Å². The Kier molecular flexibility index (Phi) is 5.15. The highest BCUT2D eigenvalue weighted by Gasteiger charge is 2.12. The van der Waals surface area contributed by atoms with Gasteiger partial charge in [-0.2, -0.15) is 0 Å². The molecular weight excluding hydrogens is 295 g/mol. The van der Waals surface area contributed by atoms with Crippen molar-refractivity contribution >= 4 is 17.7 Å². The van der Waals surface area contributed by atoms with Crippen LogP contribution in [0, 0.1) is 5.82 Å². The first-order chi connectivity index (χ1) is 10.1. The van der Waals surface area contributed by atoms with Crippen molar-refractivity contribution < 1.29 is 13.9 Å². The van der Waals surface area contributed by atoms with Crippen molar-refractivity contribution in [2.45, 2.75) is 25.2 Å². The Balaban J connectivity index is 2.02. The first-order valence-electron chi connectivity index (χ1n) is 6.31. The third kappa shape index (κ3) is 4.19. The van der Waals surface area contributed by atoms with Gasteiger partial charge in [0.2, 0.25) is 5.91 Å². The smallest absolute Gasteiger partial charge is 0.227 e. The van der Waals surface area contributed by atoms with Crippen LogP contribution in [-0.2, 0) is 17.9 Å². The van der Waals surface area contributed by atoms with Crippen molar-refractivity contribution in [3.8, 4) is 5.75 Å². The van der Waals surface area contributed by atoms with E-state index >= 15 is 0 Å². The van der Waals surface area contributed by atoms with Gasteiger partial charge in [-0.3, -0.25) is 4.79 Å². The van der Waals surface area contributed by atoms with Crippen molar-refractivity contribution in [2.24, 2.45) is 5.73 Å². The van der Waals surface area contributed by atoms with Crippen molar-refractivity contribution in [2.75, 3.05) is 5.75 Å². The third-order valence-corrected chi connectivity index (χ3v) is 3.62. The summed E-state index contributed by atoms with van der Waals surface area (Å²) in [6.45, 7) is 2.80. The van der Waals surface area contributed by atoms with Crippen molar-refractivity contribution in [3.05, 3.63) is 35.9 Å². The van der Waals surface area contributed by atoms with Gasteiger partial charge in [-0.25, -0.2) is 4.39 Å². The van der Waals surface area contributed by atoms with Gasteiger partial charge in [0.15, 0.2) is 11.0 Å². The van der Waals surface area contributed by atoms with E-state index in [2.05, 4.69) is 10.2 Å². The predicted molar refractivity (Wildman–Crippen MR) is 76.3 cm³/mol. The second-order valence-electron chi connectivity index (χ2n) is 4.14. The fourth-order valence-corrected chi connectivity index (χ4v) is 2.42. The van der Waals surface area contributed by atoms with E-state index in [9.17, 15) is 9.18 Å². The topological polar surface area (TPSA) is 83.0 Å². The molecule has 0 saturated carbocycles. The molecule has 0 atom stereocenters. The minimum absolute atomic E-state index is 0.150. The van der Waals surface area contributed by atoms with Gasteiger partial charge in [0.05, 0.1) is 5.75 Å². The summed E-state index contributed by atoms with van der Waals surface area (Å²) in [7, 11) is 0. The van der Waals surface area contributed by atoms with Crippen LogP contribution in [0.4, 0.5) is 4.39 Å². The van der Waals surface area contributed by atoms with E-state index in [1.54, 1.807) is 12.1 Å². The molecule has 0 aliphatic heterocycles. The molecule has 6 nitrogen and oxygen atoms in total. The largest absolute Gasteiger partial charge is 0.486 e. The van der Waals surface area contributed by atoms with Gasteiger partial charge in [0, 0.05) is 6.54 Å². The van der Waals surface area contributed by atoms with Crippen molar-refractivity contribution in [1.29, 1.82) is 0 Å². The van der Waals surface area contributed by atoms with Crippen LogP contribution in [-0.4, -0.2) is 26.4 Å². The number of hydrogen-bond acceptors (Lipinski definition) is 5. The van der Waals surface area contributed by atoms with Crippen LogP contribution < -0.4 is 10.5 Å². The normalized spacial score (nSPS) is 10.6. The first-order valence-corrected chi connectivity index (χ1v) is 7.30. The molecule has 0 aliphatic rings. The number of rotatable bonds is 7. The number of ether oxygens (including phenoxy) is 1. The number of carbonyl (C=O) groups excluding carboxylic acids is 1. The van der Waals surface area contributed by atoms with Gasteiger partial charge >= 0.3 is 0 Å². The van der Waals surface area contributed by atoms with Gasteiger partial charge < -0.3 is 15.0 Å². The Morgan fingerprint density at radius 1 is 1.38 bits per heavy atom. The minimum Gasteiger partial charge on any atom is -0.486 e. The molecule has 8 heteroatoms. The van der Waals surface area contributed by atoms with Crippen LogP contribution in [0.5, 0.6) is 5.75 Å². The molecule has 0 unspecified atom stereocenters. The van der Waals surface area contributed by atoms with Crippen LogP contribution >= 0.6 is 11.8 Å². The van der Waals surface area contributed by atoms with Gasteiger partial charge in [-0.15, -0.1) is 10.2 Å². The van der Waals surface area contributed by atoms with Gasteiger partial charge in [-0.05, 0) is 31.2 Å². The van der Waals surface area contributed by atoms with Crippen LogP contribution in [0.1, 0.15) is 12.7 Å². The molecule has 0 aliphatic carbocycles. The molecule has 1 aromatic carbocycles.